The Morgan fingerprint density at radius 3 is 3.00 bits per heavy atom. The number of nitro groups is 1. The number of para-hydroxylation sites is 1. The van der Waals surface area contributed by atoms with E-state index in [0.717, 1.165) is 0 Å². The zero-order chi connectivity index (χ0) is 13.1. The van der Waals surface area contributed by atoms with E-state index in [1.165, 1.54) is 11.6 Å². The van der Waals surface area contributed by atoms with Crippen LogP contribution in [0.2, 0.25) is 0 Å². The predicted molar refractivity (Wildman–Crippen MR) is 68.6 cm³/mol. The van der Waals surface area contributed by atoms with Crippen molar-refractivity contribution >= 4 is 22.8 Å². The summed E-state index contributed by atoms with van der Waals surface area (Å²) in [6.07, 6.45) is 1.98. The fraction of sp³-hybridized carbons (Fsp3) is 0.250. The van der Waals surface area contributed by atoms with Crippen LogP contribution in [0.1, 0.15) is 13.8 Å². The van der Waals surface area contributed by atoms with Crippen molar-refractivity contribution in [3.8, 4) is 0 Å². The van der Waals surface area contributed by atoms with Crippen LogP contribution in [0.5, 0.6) is 0 Å². The number of allylic oxidation sites excluding steroid dienone is 1. The highest BCUT2D eigenvalue weighted by molar-refractivity contribution is 5.83. The van der Waals surface area contributed by atoms with E-state index < -0.39 is 4.92 Å². The third-order valence-electron chi connectivity index (χ3n) is 2.36. The van der Waals surface area contributed by atoms with E-state index in [1.807, 2.05) is 19.9 Å². The fourth-order valence-electron chi connectivity index (χ4n) is 1.50. The lowest BCUT2D eigenvalue weighted by Crippen LogP contribution is -1.98. The highest BCUT2D eigenvalue weighted by Crippen LogP contribution is 2.27. The smallest absolute Gasteiger partial charge is 0.298 e. The number of aromatic nitrogens is 1. The minimum atomic E-state index is -0.468. The van der Waals surface area contributed by atoms with Crippen LogP contribution in [0.25, 0.3) is 11.1 Å². The average molecular weight is 247 g/mol. The van der Waals surface area contributed by atoms with Gasteiger partial charge in [0.2, 0.25) is 0 Å². The van der Waals surface area contributed by atoms with E-state index in [0.29, 0.717) is 12.1 Å². The van der Waals surface area contributed by atoms with E-state index in [4.69, 9.17) is 4.42 Å². The van der Waals surface area contributed by atoms with E-state index >= 15 is 0 Å². The number of benzene rings is 1. The van der Waals surface area contributed by atoms with Gasteiger partial charge in [-0.05, 0) is 19.9 Å². The van der Waals surface area contributed by atoms with Gasteiger partial charge < -0.3 is 9.73 Å². The summed E-state index contributed by atoms with van der Waals surface area (Å²) in [5, 5.41) is 13.8. The maximum Gasteiger partial charge on any atom is 0.298 e. The first-order chi connectivity index (χ1) is 8.58. The third kappa shape index (κ3) is 2.48. The third-order valence-corrected chi connectivity index (χ3v) is 2.36. The summed E-state index contributed by atoms with van der Waals surface area (Å²) in [5.74, 6) is 0. The molecule has 0 spiro atoms. The standard InChI is InChI=1S/C12H13N3O3/c1-8(2)6-7-13-12-14-11-9(15(16)17)4-3-5-10(11)18-12/h3-6H,7H2,1-2H3,(H,13,14). The number of fused-ring (bicyclic) bond motifs is 1. The van der Waals surface area contributed by atoms with Gasteiger partial charge in [-0.3, -0.25) is 10.1 Å². The van der Waals surface area contributed by atoms with E-state index in [1.54, 1.807) is 12.1 Å². The summed E-state index contributed by atoms with van der Waals surface area (Å²) < 4.78 is 5.38. The molecule has 94 valence electrons. The molecule has 2 rings (SSSR count). The van der Waals surface area contributed by atoms with Crippen LogP contribution in [0, 0.1) is 10.1 Å². The van der Waals surface area contributed by atoms with E-state index in [9.17, 15) is 10.1 Å². The number of nitrogens with one attached hydrogen (secondary N) is 1. The molecule has 0 radical (unpaired) electrons. The molecule has 1 N–H and O–H groups in total. The van der Waals surface area contributed by atoms with Crippen molar-refractivity contribution in [3.05, 3.63) is 40.0 Å². The Morgan fingerprint density at radius 2 is 2.33 bits per heavy atom. The van der Waals surface area contributed by atoms with Gasteiger partial charge in [-0.25, -0.2) is 0 Å². The number of nitro benzene ring substituents is 1. The molecule has 0 saturated carbocycles. The average Bonchev–Trinajstić information content (AvgIpc) is 2.70. The highest BCUT2D eigenvalue weighted by atomic mass is 16.6. The number of nitrogens with zero attached hydrogens (tertiary/aromatic N) is 2. The summed E-state index contributed by atoms with van der Waals surface area (Å²) in [7, 11) is 0. The maximum atomic E-state index is 10.8. The number of anilines is 1. The Hall–Kier alpha value is -2.37. The Balaban J connectivity index is 2.30. The predicted octanol–water partition coefficient (Wildman–Crippen LogP) is 3.11. The lowest BCUT2D eigenvalue weighted by Gasteiger charge is -1.95. The summed E-state index contributed by atoms with van der Waals surface area (Å²) in [6.45, 7) is 4.54. The molecule has 0 fully saturated rings. The molecule has 1 aromatic heterocycles. The molecular formula is C12H13N3O3. The Bertz CT molecular complexity index is 612. The SMILES string of the molecule is CC(C)=CCNc1nc2c([N+](=O)[O-])cccc2o1. The number of hydrogen-bond donors (Lipinski definition) is 1. The normalized spacial score (nSPS) is 10.3. The van der Waals surface area contributed by atoms with Crippen LogP contribution >= 0.6 is 0 Å². The van der Waals surface area contributed by atoms with Crippen LogP contribution in [0.3, 0.4) is 0 Å². The molecular weight excluding hydrogens is 234 g/mol. The Labute approximate surface area is 103 Å². The Morgan fingerprint density at radius 1 is 1.56 bits per heavy atom. The quantitative estimate of drug-likeness (QED) is 0.510. The lowest BCUT2D eigenvalue weighted by atomic mass is 10.3. The second kappa shape index (κ2) is 4.87. The molecule has 0 unspecified atom stereocenters. The molecule has 2 aromatic rings. The van der Waals surface area contributed by atoms with Crippen molar-refractivity contribution in [2.45, 2.75) is 13.8 Å². The zero-order valence-electron chi connectivity index (χ0n) is 10.1. The van der Waals surface area contributed by atoms with Gasteiger partial charge in [0, 0.05) is 12.6 Å². The van der Waals surface area contributed by atoms with Gasteiger partial charge in [0.1, 0.15) is 0 Å². The molecule has 0 saturated heterocycles. The molecule has 0 amide bonds. The number of hydrogen-bond acceptors (Lipinski definition) is 5. The van der Waals surface area contributed by atoms with Gasteiger partial charge in [-0.15, -0.1) is 0 Å². The molecule has 18 heavy (non-hydrogen) atoms. The molecule has 0 aliphatic rings. The van der Waals surface area contributed by atoms with Crippen molar-refractivity contribution in [3.63, 3.8) is 0 Å². The Kier molecular flexibility index (Phi) is 3.27. The summed E-state index contributed by atoms with van der Waals surface area (Å²) in [4.78, 5) is 14.4. The van der Waals surface area contributed by atoms with Gasteiger partial charge in [-0.2, -0.15) is 4.98 Å². The second-order valence-corrected chi connectivity index (χ2v) is 4.06. The largest absolute Gasteiger partial charge is 0.423 e. The summed E-state index contributed by atoms with van der Waals surface area (Å²) in [5.41, 5.74) is 1.79. The van der Waals surface area contributed by atoms with Gasteiger partial charge in [0.25, 0.3) is 11.7 Å². The molecule has 1 heterocycles. The van der Waals surface area contributed by atoms with Crippen LogP contribution in [-0.2, 0) is 0 Å². The minimum absolute atomic E-state index is 0.0495. The summed E-state index contributed by atoms with van der Waals surface area (Å²) in [6, 6.07) is 4.93. The molecule has 1 aromatic carbocycles. The van der Waals surface area contributed by atoms with Gasteiger partial charge >= 0.3 is 0 Å². The number of oxazole rings is 1. The number of rotatable bonds is 4. The van der Waals surface area contributed by atoms with Gasteiger partial charge in [-0.1, -0.05) is 17.7 Å². The minimum Gasteiger partial charge on any atom is -0.423 e. The van der Waals surface area contributed by atoms with Crippen molar-refractivity contribution in [1.29, 1.82) is 0 Å². The molecule has 0 aliphatic heterocycles. The van der Waals surface area contributed by atoms with Crippen LogP contribution in [0.15, 0.2) is 34.3 Å². The zero-order valence-corrected chi connectivity index (χ0v) is 10.1. The van der Waals surface area contributed by atoms with Crippen LogP contribution in [0.4, 0.5) is 11.7 Å². The van der Waals surface area contributed by atoms with Crippen LogP contribution < -0.4 is 5.32 Å². The first-order valence-corrected chi connectivity index (χ1v) is 5.49. The lowest BCUT2D eigenvalue weighted by molar-refractivity contribution is -0.383. The van der Waals surface area contributed by atoms with Gasteiger partial charge in [0.05, 0.1) is 4.92 Å². The monoisotopic (exact) mass is 247 g/mol. The molecule has 0 aliphatic carbocycles. The van der Waals surface area contributed by atoms with Crippen LogP contribution in [-0.4, -0.2) is 16.5 Å². The van der Waals surface area contributed by atoms with E-state index in [-0.39, 0.29) is 17.2 Å². The van der Waals surface area contributed by atoms with Crippen molar-refractivity contribution in [1.82, 2.24) is 4.98 Å². The second-order valence-electron chi connectivity index (χ2n) is 4.06. The number of non-ortho nitro benzene ring substituents is 1. The maximum absolute atomic E-state index is 10.8. The summed E-state index contributed by atoms with van der Waals surface area (Å²) >= 11 is 0. The first kappa shape index (κ1) is 12.1. The van der Waals surface area contributed by atoms with Gasteiger partial charge in [0.15, 0.2) is 11.1 Å². The van der Waals surface area contributed by atoms with Crippen molar-refractivity contribution in [2.75, 3.05) is 11.9 Å². The first-order valence-electron chi connectivity index (χ1n) is 5.49. The fourth-order valence-corrected chi connectivity index (χ4v) is 1.50. The highest BCUT2D eigenvalue weighted by Gasteiger charge is 2.16. The molecule has 6 heteroatoms. The van der Waals surface area contributed by atoms with Crippen molar-refractivity contribution < 1.29 is 9.34 Å². The molecule has 0 bridgehead atoms. The molecule has 6 nitrogen and oxygen atoms in total. The topological polar surface area (TPSA) is 81.2 Å². The van der Waals surface area contributed by atoms with E-state index in [2.05, 4.69) is 10.3 Å². The molecule has 0 atom stereocenters. The van der Waals surface area contributed by atoms with Crippen molar-refractivity contribution in [2.24, 2.45) is 0 Å².